The number of hydrogen-bond donors (Lipinski definition) is 1. The van der Waals surface area contributed by atoms with Crippen molar-refractivity contribution in [3.8, 4) is 12.3 Å². The van der Waals surface area contributed by atoms with Crippen LogP contribution in [0.5, 0.6) is 0 Å². The van der Waals surface area contributed by atoms with Crippen LogP contribution in [0.25, 0.3) is 5.70 Å². The van der Waals surface area contributed by atoms with Gasteiger partial charge in [-0.25, -0.2) is 4.39 Å². The van der Waals surface area contributed by atoms with Gasteiger partial charge in [0.05, 0.1) is 0 Å². The number of hydrogen-bond acceptors (Lipinski definition) is 3. The predicted molar refractivity (Wildman–Crippen MR) is 214 cm³/mol. The molecule has 0 unspecified atom stereocenters. The zero-order valence-corrected chi connectivity index (χ0v) is 31.9. The van der Waals surface area contributed by atoms with Crippen LogP contribution in [-0.4, -0.2) is 18.2 Å². The van der Waals surface area contributed by atoms with Gasteiger partial charge in [0, 0.05) is 48.0 Å². The highest BCUT2D eigenvalue weighted by atomic mass is 19.1. The summed E-state index contributed by atoms with van der Waals surface area (Å²) in [5.41, 5.74) is 10.8. The van der Waals surface area contributed by atoms with Crippen LogP contribution in [0.1, 0.15) is 113 Å². The van der Waals surface area contributed by atoms with Crippen LogP contribution in [0.2, 0.25) is 0 Å². The number of aliphatic imine (C=N–C) groups is 1. The first-order chi connectivity index (χ1) is 22.9. The second-order valence-electron chi connectivity index (χ2n) is 11.6. The summed E-state index contributed by atoms with van der Waals surface area (Å²) in [5.74, 6) is 2.36. The average molecular weight is 652 g/mol. The van der Waals surface area contributed by atoms with Crippen LogP contribution < -0.4 is 5.32 Å². The lowest BCUT2D eigenvalue weighted by Gasteiger charge is -2.25. The fourth-order valence-corrected chi connectivity index (χ4v) is 4.87. The topological polar surface area (TPSA) is 27.6 Å². The Bertz CT molecular complexity index is 1490. The number of aryl methyl sites for hydroxylation is 4. The number of benzene rings is 3. The van der Waals surface area contributed by atoms with Gasteiger partial charge in [-0.3, -0.25) is 4.99 Å². The Morgan fingerprint density at radius 2 is 1.60 bits per heavy atom. The van der Waals surface area contributed by atoms with Crippen LogP contribution in [0.15, 0.2) is 84.5 Å². The highest BCUT2D eigenvalue weighted by Gasteiger charge is 2.14. The summed E-state index contributed by atoms with van der Waals surface area (Å²) < 4.78 is 14.6. The summed E-state index contributed by atoms with van der Waals surface area (Å²) in [4.78, 5) is 6.23. The van der Waals surface area contributed by atoms with Crippen LogP contribution >= 0.6 is 0 Å². The van der Waals surface area contributed by atoms with E-state index in [9.17, 15) is 4.39 Å². The molecule has 0 bridgehead atoms. The lowest BCUT2D eigenvalue weighted by Crippen LogP contribution is -2.17. The van der Waals surface area contributed by atoms with E-state index >= 15 is 0 Å². The minimum absolute atomic E-state index is 0.330. The van der Waals surface area contributed by atoms with Crippen molar-refractivity contribution in [3.63, 3.8) is 0 Å². The van der Waals surface area contributed by atoms with E-state index in [-0.39, 0.29) is 5.82 Å². The standard InChI is InChI=1S/C25H27FN2.C11H15N.C6H14.C2H6/c1-7-11-24(22-14-18(5)25(27-10-4)23(26)16-22)28(6)17-21-13-12-19(8-2)15-20(21)9-3;1-8(2)12-11-7-9(3)5-6-10(11)4;1-3-5-6-4-2;1-2/h2,7,10-16H,1,9,17H2,3-6H3;5-7,12H,1H2,2-4H3;3-6H2,1-2H3;1-2H3/b24-11-,27-10?;;;. The molecule has 0 atom stereocenters. The summed E-state index contributed by atoms with van der Waals surface area (Å²) in [6.07, 6.45) is 17.2. The van der Waals surface area contributed by atoms with Crippen molar-refractivity contribution in [1.29, 1.82) is 0 Å². The molecule has 3 nitrogen and oxygen atoms in total. The molecule has 3 aromatic carbocycles. The van der Waals surface area contributed by atoms with Gasteiger partial charge in [0.2, 0.25) is 0 Å². The normalized spacial score (nSPS) is 10.4. The Morgan fingerprint density at radius 1 is 0.958 bits per heavy atom. The highest BCUT2D eigenvalue weighted by Crippen LogP contribution is 2.30. The van der Waals surface area contributed by atoms with E-state index in [0.717, 1.165) is 40.2 Å². The second kappa shape index (κ2) is 24.8. The van der Waals surface area contributed by atoms with Gasteiger partial charge in [-0.1, -0.05) is 104 Å². The average Bonchev–Trinajstić information content (AvgIpc) is 3.07. The number of terminal acetylenes is 1. The summed E-state index contributed by atoms with van der Waals surface area (Å²) in [6, 6.07) is 15.9. The van der Waals surface area contributed by atoms with Crippen LogP contribution in [-0.2, 0) is 13.0 Å². The molecule has 0 amide bonds. The van der Waals surface area contributed by atoms with Crippen molar-refractivity contribution >= 4 is 23.3 Å². The minimum Gasteiger partial charge on any atom is -0.370 e. The Hall–Kier alpha value is -4.36. The van der Waals surface area contributed by atoms with Crippen molar-refractivity contribution in [3.05, 3.63) is 124 Å². The fourth-order valence-electron chi connectivity index (χ4n) is 4.87. The predicted octanol–water partition coefficient (Wildman–Crippen LogP) is 12.9. The third-order valence-electron chi connectivity index (χ3n) is 7.35. The van der Waals surface area contributed by atoms with Gasteiger partial charge in [0.1, 0.15) is 11.5 Å². The van der Waals surface area contributed by atoms with E-state index in [4.69, 9.17) is 6.42 Å². The lowest BCUT2D eigenvalue weighted by molar-refractivity contribution is 0.472. The number of rotatable bonds is 12. The molecular formula is C44H62FN3. The largest absolute Gasteiger partial charge is 0.370 e. The van der Waals surface area contributed by atoms with Crippen molar-refractivity contribution in [1.82, 2.24) is 4.90 Å². The van der Waals surface area contributed by atoms with Crippen LogP contribution in [0, 0.1) is 38.9 Å². The Kier molecular flexibility index (Phi) is 22.5. The van der Waals surface area contributed by atoms with Crippen molar-refractivity contribution in [2.45, 2.75) is 108 Å². The first-order valence-corrected chi connectivity index (χ1v) is 17.4. The molecular weight excluding hydrogens is 590 g/mol. The molecule has 0 aromatic heterocycles. The van der Waals surface area contributed by atoms with Crippen LogP contribution in [0.3, 0.4) is 0 Å². The van der Waals surface area contributed by atoms with Gasteiger partial charge in [-0.05, 0) is 105 Å². The number of nitrogens with one attached hydrogen (secondary N) is 1. The smallest absolute Gasteiger partial charge is 0.149 e. The molecule has 0 fully saturated rings. The van der Waals surface area contributed by atoms with E-state index in [0.29, 0.717) is 12.2 Å². The first-order valence-electron chi connectivity index (χ1n) is 17.4. The molecule has 0 aliphatic heterocycles. The summed E-state index contributed by atoms with van der Waals surface area (Å²) in [7, 11) is 2.00. The molecule has 0 heterocycles. The monoisotopic (exact) mass is 651 g/mol. The van der Waals surface area contributed by atoms with E-state index < -0.39 is 0 Å². The molecule has 4 heteroatoms. The maximum Gasteiger partial charge on any atom is 0.149 e. The summed E-state index contributed by atoms with van der Waals surface area (Å²) >= 11 is 0. The van der Waals surface area contributed by atoms with Gasteiger partial charge in [-0.15, -0.1) is 6.42 Å². The Labute approximate surface area is 293 Å². The number of unbranched alkanes of at least 4 members (excludes halogenated alkanes) is 3. The molecule has 1 N–H and O–H groups in total. The Balaban J connectivity index is 0.000000904. The third-order valence-corrected chi connectivity index (χ3v) is 7.35. The van der Waals surface area contributed by atoms with Crippen molar-refractivity contribution < 1.29 is 4.39 Å². The number of halogens is 1. The molecule has 0 aliphatic rings. The van der Waals surface area contributed by atoms with Crippen LogP contribution in [0.4, 0.5) is 15.8 Å². The maximum atomic E-state index is 14.6. The summed E-state index contributed by atoms with van der Waals surface area (Å²) in [6.45, 7) is 28.7. The van der Waals surface area contributed by atoms with Crippen molar-refractivity contribution in [2.75, 3.05) is 12.4 Å². The van der Waals surface area contributed by atoms with E-state index in [2.05, 4.69) is 99.2 Å². The van der Waals surface area contributed by atoms with E-state index in [1.54, 1.807) is 19.2 Å². The molecule has 3 aromatic rings. The van der Waals surface area contributed by atoms with Gasteiger partial charge in [0.15, 0.2) is 0 Å². The van der Waals surface area contributed by atoms with Gasteiger partial charge < -0.3 is 10.2 Å². The quantitative estimate of drug-likeness (QED) is 0.0913. The third kappa shape index (κ3) is 15.5. The second-order valence-corrected chi connectivity index (χ2v) is 11.6. The molecule has 3 rings (SSSR count). The van der Waals surface area contributed by atoms with E-state index in [1.165, 1.54) is 54.0 Å². The highest BCUT2D eigenvalue weighted by molar-refractivity contribution is 5.70. The minimum atomic E-state index is -0.330. The number of nitrogens with zero attached hydrogens (tertiary/aromatic N) is 2. The number of allylic oxidation sites excluding steroid dienone is 3. The Morgan fingerprint density at radius 3 is 2.10 bits per heavy atom. The molecule has 0 spiro atoms. The summed E-state index contributed by atoms with van der Waals surface area (Å²) in [5, 5.41) is 3.22. The molecule has 0 aliphatic carbocycles. The number of anilines is 1. The lowest BCUT2D eigenvalue weighted by atomic mass is 10.0. The molecule has 260 valence electrons. The molecule has 48 heavy (non-hydrogen) atoms. The molecule has 0 saturated heterocycles. The fraction of sp³-hybridized carbons (Fsp3) is 0.386. The SMILES string of the molecule is C#Cc1ccc(CN(C)/C(=C\C=C)c2cc(C)c(N=CC)c(F)c2)c(CC)c1.C=C(C)Nc1cc(C)ccc1C.CC.CCCCCC. The first kappa shape index (κ1) is 43.6. The van der Waals surface area contributed by atoms with E-state index in [1.807, 2.05) is 53.0 Å². The maximum absolute atomic E-state index is 14.6. The molecule has 0 radical (unpaired) electrons. The van der Waals surface area contributed by atoms with Gasteiger partial charge in [0.25, 0.3) is 0 Å². The zero-order valence-electron chi connectivity index (χ0n) is 31.9. The van der Waals surface area contributed by atoms with Crippen molar-refractivity contribution in [2.24, 2.45) is 4.99 Å². The molecule has 0 saturated carbocycles. The zero-order chi connectivity index (χ0) is 36.6. The van der Waals surface area contributed by atoms with Gasteiger partial charge >= 0.3 is 0 Å². The van der Waals surface area contributed by atoms with Gasteiger partial charge in [-0.2, -0.15) is 0 Å².